The van der Waals surface area contributed by atoms with Crippen LogP contribution in [-0.2, 0) is 16.0 Å². The van der Waals surface area contributed by atoms with Crippen LogP contribution in [0.25, 0.3) is 10.9 Å². The minimum atomic E-state index is -0.846. The molecule has 25 heavy (non-hydrogen) atoms. The molecule has 1 atom stereocenters. The first-order valence-corrected chi connectivity index (χ1v) is 7.77. The van der Waals surface area contributed by atoms with Gasteiger partial charge in [-0.3, -0.25) is 4.79 Å². The highest BCUT2D eigenvalue weighted by molar-refractivity contribution is 5.97. The number of aromatic nitrogens is 1. The van der Waals surface area contributed by atoms with Crippen molar-refractivity contribution in [3.8, 4) is 0 Å². The molecule has 128 valence electrons. The van der Waals surface area contributed by atoms with E-state index in [1.807, 2.05) is 30.5 Å². The maximum Gasteiger partial charge on any atom is 0.328 e. The molecule has 0 saturated carbocycles. The Hall–Kier alpha value is -3.15. The summed E-state index contributed by atoms with van der Waals surface area (Å²) in [5.74, 6) is -1.43. The van der Waals surface area contributed by atoms with Crippen molar-refractivity contribution < 1.29 is 18.7 Å². The maximum atomic E-state index is 13.0. The van der Waals surface area contributed by atoms with E-state index in [0.717, 1.165) is 16.5 Å². The summed E-state index contributed by atoms with van der Waals surface area (Å²) in [5, 5.41) is 3.64. The predicted molar refractivity (Wildman–Crippen MR) is 91.7 cm³/mol. The molecule has 0 unspecified atom stereocenters. The van der Waals surface area contributed by atoms with E-state index in [1.165, 1.54) is 31.4 Å². The number of carbonyl (C=O) groups is 2. The van der Waals surface area contributed by atoms with E-state index in [1.54, 1.807) is 0 Å². The fraction of sp³-hybridized carbons (Fsp3) is 0.158. The van der Waals surface area contributed by atoms with Gasteiger partial charge in [-0.05, 0) is 35.9 Å². The highest BCUT2D eigenvalue weighted by Gasteiger charge is 2.23. The van der Waals surface area contributed by atoms with Crippen LogP contribution in [0.4, 0.5) is 4.39 Å². The molecule has 2 N–H and O–H groups in total. The molecule has 0 aliphatic carbocycles. The number of rotatable bonds is 5. The third-order valence-corrected chi connectivity index (χ3v) is 4.00. The van der Waals surface area contributed by atoms with Gasteiger partial charge in [0.15, 0.2) is 0 Å². The van der Waals surface area contributed by atoms with Gasteiger partial charge in [0.1, 0.15) is 11.9 Å². The highest BCUT2D eigenvalue weighted by atomic mass is 19.1. The van der Waals surface area contributed by atoms with Gasteiger partial charge in [-0.2, -0.15) is 0 Å². The first kappa shape index (κ1) is 16.7. The van der Waals surface area contributed by atoms with Crippen molar-refractivity contribution in [2.24, 2.45) is 0 Å². The lowest BCUT2D eigenvalue weighted by Gasteiger charge is -2.16. The second kappa shape index (κ2) is 7.17. The van der Waals surface area contributed by atoms with E-state index in [0.29, 0.717) is 0 Å². The zero-order valence-electron chi connectivity index (χ0n) is 13.6. The topological polar surface area (TPSA) is 71.2 Å². The first-order valence-electron chi connectivity index (χ1n) is 7.77. The average Bonchev–Trinajstić information content (AvgIpc) is 3.04. The van der Waals surface area contributed by atoms with Crippen LogP contribution in [0.5, 0.6) is 0 Å². The number of nitrogens with one attached hydrogen (secondary N) is 2. The highest BCUT2D eigenvalue weighted by Crippen LogP contribution is 2.19. The van der Waals surface area contributed by atoms with E-state index in [9.17, 15) is 14.0 Å². The van der Waals surface area contributed by atoms with Crippen LogP contribution in [0.2, 0.25) is 0 Å². The molecule has 0 aliphatic rings. The molecule has 0 fully saturated rings. The summed E-state index contributed by atoms with van der Waals surface area (Å²) in [7, 11) is 1.27. The normalized spacial score (nSPS) is 11.9. The van der Waals surface area contributed by atoms with Crippen molar-refractivity contribution in [1.82, 2.24) is 10.3 Å². The van der Waals surface area contributed by atoms with Gasteiger partial charge in [0.25, 0.3) is 5.91 Å². The molecule has 1 aromatic heterocycles. The lowest BCUT2D eigenvalue weighted by atomic mass is 10.0. The zero-order chi connectivity index (χ0) is 17.8. The Morgan fingerprint density at radius 1 is 1.16 bits per heavy atom. The number of fused-ring (bicyclic) bond motifs is 1. The second-order valence-electron chi connectivity index (χ2n) is 5.62. The lowest BCUT2D eigenvalue weighted by Crippen LogP contribution is -2.43. The fourth-order valence-corrected chi connectivity index (χ4v) is 2.70. The summed E-state index contributed by atoms with van der Waals surface area (Å²) < 4.78 is 17.8. The van der Waals surface area contributed by atoms with Crippen molar-refractivity contribution in [3.63, 3.8) is 0 Å². The number of benzene rings is 2. The Morgan fingerprint density at radius 2 is 1.88 bits per heavy atom. The molecule has 5 nitrogen and oxygen atoms in total. The number of carbonyl (C=O) groups excluding carboxylic acids is 2. The number of aromatic amines is 1. The van der Waals surface area contributed by atoms with E-state index in [2.05, 4.69) is 10.3 Å². The van der Waals surface area contributed by atoms with Crippen LogP contribution in [0.1, 0.15) is 15.9 Å². The van der Waals surface area contributed by atoms with Gasteiger partial charge in [0.2, 0.25) is 0 Å². The van der Waals surface area contributed by atoms with Crippen LogP contribution in [0, 0.1) is 5.82 Å². The number of esters is 1. The van der Waals surface area contributed by atoms with Gasteiger partial charge < -0.3 is 15.0 Å². The van der Waals surface area contributed by atoms with Gasteiger partial charge in [0, 0.05) is 29.1 Å². The molecule has 3 aromatic rings. The second-order valence-corrected chi connectivity index (χ2v) is 5.62. The SMILES string of the molecule is COC(=O)[C@H](Cc1c[nH]c2ccccc12)NC(=O)c1ccc(F)cc1. The maximum absolute atomic E-state index is 13.0. The van der Waals surface area contributed by atoms with E-state index >= 15 is 0 Å². The lowest BCUT2D eigenvalue weighted by molar-refractivity contribution is -0.142. The quantitative estimate of drug-likeness (QED) is 0.702. The third kappa shape index (κ3) is 3.68. The minimum absolute atomic E-state index is 0.272. The van der Waals surface area contributed by atoms with E-state index in [-0.39, 0.29) is 12.0 Å². The molecule has 1 amide bonds. The molecule has 3 rings (SSSR count). The van der Waals surface area contributed by atoms with Crippen LogP contribution >= 0.6 is 0 Å². The summed E-state index contributed by atoms with van der Waals surface area (Å²) in [5.41, 5.74) is 2.12. The molecule has 0 radical (unpaired) electrons. The predicted octanol–water partition coefficient (Wildman–Crippen LogP) is 2.82. The third-order valence-electron chi connectivity index (χ3n) is 4.00. The number of halogens is 1. The van der Waals surface area contributed by atoms with Crippen molar-refractivity contribution in [3.05, 3.63) is 71.7 Å². The number of amides is 1. The Bertz CT molecular complexity index is 902. The van der Waals surface area contributed by atoms with E-state index in [4.69, 9.17) is 4.74 Å². The molecule has 2 aromatic carbocycles. The Labute approximate surface area is 143 Å². The fourth-order valence-electron chi connectivity index (χ4n) is 2.70. The molecule has 6 heteroatoms. The summed E-state index contributed by atoms with van der Waals surface area (Å²) in [6.45, 7) is 0. The number of hydrogen-bond acceptors (Lipinski definition) is 3. The molecule has 0 bridgehead atoms. The van der Waals surface area contributed by atoms with Crippen molar-refractivity contribution >= 4 is 22.8 Å². The van der Waals surface area contributed by atoms with Crippen LogP contribution < -0.4 is 5.32 Å². The van der Waals surface area contributed by atoms with Gasteiger partial charge in [-0.25, -0.2) is 9.18 Å². The molecular formula is C19H17FN2O3. The van der Waals surface area contributed by atoms with Gasteiger partial charge in [-0.1, -0.05) is 18.2 Å². The number of hydrogen-bond donors (Lipinski definition) is 2. The monoisotopic (exact) mass is 340 g/mol. The van der Waals surface area contributed by atoms with Crippen LogP contribution in [0.3, 0.4) is 0 Å². The van der Waals surface area contributed by atoms with Crippen LogP contribution in [0.15, 0.2) is 54.7 Å². The molecular weight excluding hydrogens is 323 g/mol. The van der Waals surface area contributed by atoms with Crippen molar-refractivity contribution in [1.29, 1.82) is 0 Å². The van der Waals surface area contributed by atoms with Crippen molar-refractivity contribution in [2.45, 2.75) is 12.5 Å². The van der Waals surface area contributed by atoms with Gasteiger partial charge in [-0.15, -0.1) is 0 Å². The minimum Gasteiger partial charge on any atom is -0.467 e. The van der Waals surface area contributed by atoms with Gasteiger partial charge in [0.05, 0.1) is 7.11 Å². The summed E-state index contributed by atoms with van der Waals surface area (Å²) in [4.78, 5) is 27.6. The zero-order valence-corrected chi connectivity index (χ0v) is 13.6. The standard InChI is InChI=1S/C19H17FN2O3/c1-25-19(24)17(22-18(23)12-6-8-14(20)9-7-12)10-13-11-21-16-5-3-2-4-15(13)16/h2-9,11,17,21H,10H2,1H3,(H,22,23)/t17-/m0/s1. The summed E-state index contributed by atoms with van der Waals surface area (Å²) in [6, 6.07) is 12.0. The van der Waals surface area contributed by atoms with Gasteiger partial charge >= 0.3 is 5.97 Å². The molecule has 0 spiro atoms. The molecule has 1 heterocycles. The Balaban J connectivity index is 1.81. The smallest absolute Gasteiger partial charge is 0.328 e. The number of para-hydroxylation sites is 1. The summed E-state index contributed by atoms with van der Waals surface area (Å²) >= 11 is 0. The Morgan fingerprint density at radius 3 is 2.60 bits per heavy atom. The molecule has 0 saturated heterocycles. The Kier molecular flexibility index (Phi) is 4.79. The van der Waals surface area contributed by atoms with Crippen LogP contribution in [-0.4, -0.2) is 30.0 Å². The van der Waals surface area contributed by atoms with Crippen molar-refractivity contribution in [2.75, 3.05) is 7.11 Å². The number of H-pyrrole nitrogens is 1. The van der Waals surface area contributed by atoms with E-state index < -0.39 is 23.7 Å². The number of methoxy groups -OCH3 is 1. The largest absolute Gasteiger partial charge is 0.467 e. The first-order chi connectivity index (χ1) is 12.1. The summed E-state index contributed by atoms with van der Waals surface area (Å²) in [6.07, 6.45) is 2.09. The molecule has 0 aliphatic heterocycles. The number of ether oxygens (including phenoxy) is 1. The average molecular weight is 340 g/mol.